The molecule has 1 aliphatic heterocycles. The Morgan fingerprint density at radius 1 is 0.857 bits per heavy atom. The maximum atomic E-state index is 13.4. The lowest BCUT2D eigenvalue weighted by Crippen LogP contribution is -2.30. The molecule has 4 aromatic rings. The zero-order valence-corrected chi connectivity index (χ0v) is 19.7. The van der Waals surface area contributed by atoms with Crippen molar-refractivity contribution in [1.82, 2.24) is 4.90 Å². The zero-order chi connectivity index (χ0) is 24.2. The predicted molar refractivity (Wildman–Crippen MR) is 135 cm³/mol. The highest BCUT2D eigenvalue weighted by Gasteiger charge is 2.43. The monoisotopic (exact) mass is 481 g/mol. The third-order valence-electron chi connectivity index (χ3n) is 5.93. The number of carbonyl (C=O) groups excluding carboxylic acids is 2. The minimum atomic E-state index is -0.708. The molecule has 5 nitrogen and oxygen atoms in total. The molecular weight excluding hydrogens is 458 g/mol. The average molecular weight is 482 g/mol. The van der Waals surface area contributed by atoms with Gasteiger partial charge in [0.05, 0.1) is 16.5 Å². The molecule has 1 amide bonds. The van der Waals surface area contributed by atoms with Gasteiger partial charge in [-0.05, 0) is 40.3 Å². The second-order valence-electron chi connectivity index (χ2n) is 8.23. The summed E-state index contributed by atoms with van der Waals surface area (Å²) in [5, 5.41) is 12.6. The van der Waals surface area contributed by atoms with E-state index in [-0.39, 0.29) is 17.9 Å². The molecule has 0 spiro atoms. The number of ketones is 1. The number of nitrogens with zero attached hydrogens (tertiary/aromatic N) is 1. The first-order valence-corrected chi connectivity index (χ1v) is 12.1. The van der Waals surface area contributed by atoms with Crippen LogP contribution in [0, 0.1) is 0 Å². The first-order valence-electron chi connectivity index (χ1n) is 11.2. The van der Waals surface area contributed by atoms with Gasteiger partial charge in [-0.1, -0.05) is 78.9 Å². The molecule has 1 N–H and O–H groups in total. The third kappa shape index (κ3) is 4.74. The lowest BCUT2D eigenvalue weighted by atomic mass is 9.95. The Morgan fingerprint density at radius 2 is 1.51 bits per heavy atom. The molecule has 174 valence electrons. The van der Waals surface area contributed by atoms with E-state index >= 15 is 0 Å². The molecule has 3 aromatic carbocycles. The fourth-order valence-corrected chi connectivity index (χ4v) is 4.88. The van der Waals surface area contributed by atoms with Gasteiger partial charge in [-0.25, -0.2) is 0 Å². The largest absolute Gasteiger partial charge is 0.503 e. The Balaban J connectivity index is 1.46. The van der Waals surface area contributed by atoms with Crippen molar-refractivity contribution in [3.63, 3.8) is 0 Å². The standard InChI is InChI=1S/C29H23NO4S/c31-27(24-12-7-17-35-24)25-26(30(29(33)28(25)32)18-20-8-3-1-4-9-20)22-13-15-23(16-14-22)34-19-21-10-5-2-6-11-21/h1-17,26,32H,18-19H2. The Hall–Kier alpha value is -4.16. The van der Waals surface area contributed by atoms with Crippen LogP contribution >= 0.6 is 11.3 Å². The summed E-state index contributed by atoms with van der Waals surface area (Å²) in [6.45, 7) is 0.701. The van der Waals surface area contributed by atoms with Crippen molar-refractivity contribution < 1.29 is 19.4 Å². The Labute approximate surface area is 207 Å². The van der Waals surface area contributed by atoms with Gasteiger partial charge in [-0.15, -0.1) is 11.3 Å². The van der Waals surface area contributed by atoms with Crippen LogP contribution in [0.25, 0.3) is 0 Å². The smallest absolute Gasteiger partial charge is 0.290 e. The number of benzene rings is 3. The molecule has 1 aliphatic rings. The van der Waals surface area contributed by atoms with Gasteiger partial charge in [0.25, 0.3) is 5.91 Å². The molecule has 5 rings (SSSR count). The predicted octanol–water partition coefficient (Wildman–Crippen LogP) is 6.11. The number of hydrogen-bond donors (Lipinski definition) is 1. The summed E-state index contributed by atoms with van der Waals surface area (Å²) in [4.78, 5) is 28.5. The Morgan fingerprint density at radius 3 is 2.14 bits per heavy atom. The third-order valence-corrected chi connectivity index (χ3v) is 6.80. The van der Waals surface area contributed by atoms with Crippen molar-refractivity contribution in [1.29, 1.82) is 0 Å². The summed E-state index contributed by atoms with van der Waals surface area (Å²) in [7, 11) is 0. The van der Waals surface area contributed by atoms with Crippen LogP contribution in [0.5, 0.6) is 5.75 Å². The SMILES string of the molecule is O=C(C1=C(O)C(=O)N(Cc2ccccc2)C1c1ccc(OCc2ccccc2)cc1)c1cccs1. The average Bonchev–Trinajstić information content (AvgIpc) is 3.52. The van der Waals surface area contributed by atoms with E-state index in [0.717, 1.165) is 16.7 Å². The fourth-order valence-electron chi connectivity index (χ4n) is 4.20. The highest BCUT2D eigenvalue weighted by molar-refractivity contribution is 7.12. The van der Waals surface area contributed by atoms with Gasteiger partial charge in [0.15, 0.2) is 5.76 Å². The van der Waals surface area contributed by atoms with Crippen molar-refractivity contribution in [2.24, 2.45) is 0 Å². The second-order valence-corrected chi connectivity index (χ2v) is 9.18. The molecule has 0 saturated carbocycles. The van der Waals surface area contributed by atoms with Crippen LogP contribution in [0.15, 0.2) is 114 Å². The fraction of sp³-hybridized carbons (Fsp3) is 0.103. The molecule has 0 fully saturated rings. The zero-order valence-electron chi connectivity index (χ0n) is 18.8. The number of carbonyl (C=O) groups is 2. The molecule has 0 aliphatic carbocycles. The normalized spacial score (nSPS) is 15.5. The van der Waals surface area contributed by atoms with Crippen LogP contribution in [0.3, 0.4) is 0 Å². The second kappa shape index (κ2) is 9.99. The molecule has 1 unspecified atom stereocenters. The van der Waals surface area contributed by atoms with Gasteiger partial charge in [0.1, 0.15) is 12.4 Å². The highest BCUT2D eigenvalue weighted by Crippen LogP contribution is 2.40. The summed E-state index contributed by atoms with van der Waals surface area (Å²) < 4.78 is 5.90. The van der Waals surface area contributed by atoms with Crippen LogP contribution in [-0.4, -0.2) is 21.7 Å². The summed E-state index contributed by atoms with van der Waals surface area (Å²) in [5.74, 6) is -0.705. The van der Waals surface area contributed by atoms with E-state index in [1.54, 1.807) is 22.4 Å². The van der Waals surface area contributed by atoms with E-state index in [1.807, 2.05) is 84.9 Å². The van der Waals surface area contributed by atoms with Gasteiger partial charge in [-0.2, -0.15) is 0 Å². The van der Waals surface area contributed by atoms with Crippen LogP contribution in [0.1, 0.15) is 32.4 Å². The first kappa shape index (κ1) is 22.6. The quantitative estimate of drug-likeness (QED) is 0.309. The molecule has 0 bridgehead atoms. The van der Waals surface area contributed by atoms with E-state index in [9.17, 15) is 14.7 Å². The summed E-state index contributed by atoms with van der Waals surface area (Å²) in [6.07, 6.45) is 0. The summed E-state index contributed by atoms with van der Waals surface area (Å²) in [5.41, 5.74) is 2.80. The number of ether oxygens (including phenoxy) is 1. The van der Waals surface area contributed by atoms with E-state index in [2.05, 4.69) is 0 Å². The van der Waals surface area contributed by atoms with Crippen molar-refractivity contribution >= 4 is 23.0 Å². The summed E-state index contributed by atoms with van der Waals surface area (Å²) >= 11 is 1.29. The topological polar surface area (TPSA) is 66.8 Å². The van der Waals surface area contributed by atoms with Gasteiger partial charge < -0.3 is 14.7 Å². The van der Waals surface area contributed by atoms with E-state index in [0.29, 0.717) is 17.2 Å². The molecule has 0 saturated heterocycles. The molecule has 0 radical (unpaired) electrons. The number of aliphatic hydroxyl groups excluding tert-OH is 1. The minimum Gasteiger partial charge on any atom is -0.503 e. The van der Waals surface area contributed by atoms with Crippen molar-refractivity contribution in [2.75, 3.05) is 0 Å². The van der Waals surface area contributed by atoms with Crippen molar-refractivity contribution in [3.05, 3.63) is 135 Å². The van der Waals surface area contributed by atoms with Gasteiger partial charge >= 0.3 is 0 Å². The van der Waals surface area contributed by atoms with E-state index in [1.165, 1.54) is 11.3 Å². The van der Waals surface area contributed by atoms with Crippen LogP contribution < -0.4 is 4.74 Å². The first-order chi connectivity index (χ1) is 17.1. The number of Topliss-reactive ketones (excluding diaryl/α,β-unsaturated/α-hetero) is 1. The molecule has 35 heavy (non-hydrogen) atoms. The van der Waals surface area contributed by atoms with Crippen molar-refractivity contribution in [3.8, 4) is 5.75 Å². The van der Waals surface area contributed by atoms with Gasteiger partial charge in [-0.3, -0.25) is 9.59 Å². The van der Waals surface area contributed by atoms with Gasteiger partial charge in [0.2, 0.25) is 5.78 Å². The van der Waals surface area contributed by atoms with E-state index < -0.39 is 17.7 Å². The number of thiophene rings is 1. The molecule has 1 aromatic heterocycles. The highest BCUT2D eigenvalue weighted by atomic mass is 32.1. The molecular formula is C29H23NO4S. The van der Waals surface area contributed by atoms with Crippen LogP contribution in [0.4, 0.5) is 0 Å². The maximum Gasteiger partial charge on any atom is 0.290 e. The number of aliphatic hydroxyl groups is 1. The molecule has 1 atom stereocenters. The molecule has 6 heteroatoms. The van der Waals surface area contributed by atoms with Crippen LogP contribution in [0.2, 0.25) is 0 Å². The summed E-state index contributed by atoms with van der Waals surface area (Å²) in [6, 6.07) is 29.5. The van der Waals surface area contributed by atoms with Gasteiger partial charge in [0, 0.05) is 6.54 Å². The Bertz CT molecular complexity index is 1350. The van der Waals surface area contributed by atoms with E-state index in [4.69, 9.17) is 4.74 Å². The van der Waals surface area contributed by atoms with Crippen molar-refractivity contribution in [2.45, 2.75) is 19.2 Å². The maximum absolute atomic E-state index is 13.4. The lowest BCUT2D eigenvalue weighted by molar-refractivity contribution is -0.130. The number of amides is 1. The van der Waals surface area contributed by atoms with Crippen LogP contribution in [-0.2, 0) is 17.9 Å². The lowest BCUT2D eigenvalue weighted by Gasteiger charge is -2.27. The number of rotatable bonds is 8. The number of hydrogen-bond acceptors (Lipinski definition) is 5. The Kier molecular flexibility index (Phi) is 6.46. The minimum absolute atomic E-state index is 0.103. The molecule has 2 heterocycles.